The summed E-state index contributed by atoms with van der Waals surface area (Å²) in [6.45, 7) is 2.40. The Labute approximate surface area is 174 Å². The third-order valence-electron chi connectivity index (χ3n) is 5.98. The highest BCUT2D eigenvalue weighted by Crippen LogP contribution is 2.62. The minimum Gasteiger partial charge on any atom is -0.442 e. The van der Waals surface area contributed by atoms with E-state index in [1.807, 2.05) is 0 Å². The number of ether oxygens (including phenoxy) is 1. The van der Waals surface area contributed by atoms with Gasteiger partial charge in [-0.2, -0.15) is 10.6 Å². The van der Waals surface area contributed by atoms with E-state index in [0.29, 0.717) is 37.4 Å². The van der Waals surface area contributed by atoms with Gasteiger partial charge in [0.05, 0.1) is 18.8 Å². The second kappa shape index (κ2) is 7.54. The first kappa shape index (κ1) is 21.1. The molecule has 3 heterocycles. The molecule has 0 saturated carbocycles. The minimum absolute atomic E-state index is 0.0606. The third-order valence-corrected chi connectivity index (χ3v) is 8.13. The van der Waals surface area contributed by atoms with Gasteiger partial charge < -0.3 is 15.0 Å². The Morgan fingerprint density at radius 2 is 1.87 bits per heavy atom. The summed E-state index contributed by atoms with van der Waals surface area (Å²) in [5, 5.41) is 2.55. The lowest BCUT2D eigenvalue weighted by atomic mass is 9.81. The van der Waals surface area contributed by atoms with Crippen LogP contribution in [0.25, 0.3) is 0 Å². The van der Waals surface area contributed by atoms with Crippen molar-refractivity contribution in [2.45, 2.75) is 25.9 Å². The zero-order valence-electron chi connectivity index (χ0n) is 16.6. The maximum Gasteiger partial charge on any atom is 0.414 e. The number of nitrogens with zero attached hydrogens (tertiary/aromatic N) is 2. The average Bonchev–Trinajstić information content (AvgIpc) is 3.00. The van der Waals surface area contributed by atoms with Gasteiger partial charge in [-0.25, -0.2) is 13.6 Å². The number of nitrogens with one attached hydrogen (secondary N) is 1. The van der Waals surface area contributed by atoms with Crippen LogP contribution in [-0.4, -0.2) is 64.9 Å². The van der Waals surface area contributed by atoms with Crippen LogP contribution in [0.5, 0.6) is 0 Å². The predicted octanol–water partition coefficient (Wildman–Crippen LogP) is 2.78. The number of rotatable bonds is 4. The number of cyclic esters (lactones) is 1. The smallest absolute Gasteiger partial charge is 0.414 e. The highest BCUT2D eigenvalue weighted by Gasteiger charge is 2.49. The average molecular weight is 445 g/mol. The molecule has 4 rings (SSSR count). The zero-order chi connectivity index (χ0) is 21.7. The number of piperidine rings is 1. The SMILES string of the molecule is CC(=O)NCC1CN(c2cc(F)c(N3CCC4(CC3)CS(O)(O)C4)c(F)c2)C(=O)O1. The van der Waals surface area contributed by atoms with Crippen molar-refractivity contribution in [3.8, 4) is 0 Å². The van der Waals surface area contributed by atoms with Crippen LogP contribution in [0.1, 0.15) is 19.8 Å². The molecule has 0 radical (unpaired) electrons. The molecule has 0 aromatic heterocycles. The normalized spacial score (nSPS) is 25.6. The lowest BCUT2D eigenvalue weighted by Gasteiger charge is -2.58. The molecule has 8 nitrogen and oxygen atoms in total. The molecule has 1 aromatic rings. The van der Waals surface area contributed by atoms with Crippen LogP contribution in [0.2, 0.25) is 0 Å². The van der Waals surface area contributed by atoms with E-state index < -0.39 is 34.4 Å². The topological polar surface area (TPSA) is 102 Å². The van der Waals surface area contributed by atoms with Crippen LogP contribution in [0.3, 0.4) is 0 Å². The number of anilines is 2. The van der Waals surface area contributed by atoms with E-state index in [9.17, 15) is 27.5 Å². The number of hydrogen-bond donors (Lipinski definition) is 3. The second-order valence-electron chi connectivity index (χ2n) is 8.39. The Morgan fingerprint density at radius 3 is 2.40 bits per heavy atom. The van der Waals surface area contributed by atoms with E-state index in [1.165, 1.54) is 6.92 Å². The summed E-state index contributed by atoms with van der Waals surface area (Å²) in [4.78, 5) is 25.9. The summed E-state index contributed by atoms with van der Waals surface area (Å²) in [6.07, 6.45) is -0.0272. The van der Waals surface area contributed by atoms with Crippen molar-refractivity contribution in [2.75, 3.05) is 47.5 Å². The Bertz CT molecular complexity index is 843. The number of benzene rings is 1. The van der Waals surface area contributed by atoms with E-state index in [-0.39, 0.29) is 35.8 Å². The first-order valence-electron chi connectivity index (χ1n) is 9.78. The highest BCUT2D eigenvalue weighted by molar-refractivity contribution is 8.25. The minimum atomic E-state index is -2.46. The molecule has 1 spiro atoms. The Hall–Kier alpha value is -2.11. The molecule has 2 amide bonds. The molecule has 30 heavy (non-hydrogen) atoms. The summed E-state index contributed by atoms with van der Waals surface area (Å²) in [6, 6.07) is 2.23. The van der Waals surface area contributed by atoms with E-state index in [4.69, 9.17) is 4.74 Å². The largest absolute Gasteiger partial charge is 0.442 e. The predicted molar refractivity (Wildman–Crippen MR) is 109 cm³/mol. The Balaban J connectivity index is 1.44. The first-order chi connectivity index (χ1) is 14.1. The van der Waals surface area contributed by atoms with Crippen LogP contribution in [0.4, 0.5) is 25.0 Å². The monoisotopic (exact) mass is 445 g/mol. The van der Waals surface area contributed by atoms with Crippen molar-refractivity contribution in [3.63, 3.8) is 0 Å². The number of amides is 2. The van der Waals surface area contributed by atoms with Crippen LogP contribution >= 0.6 is 10.6 Å². The fraction of sp³-hybridized carbons (Fsp3) is 0.579. The fourth-order valence-electron chi connectivity index (χ4n) is 4.54. The maximum atomic E-state index is 14.8. The second-order valence-corrected chi connectivity index (χ2v) is 10.6. The molecule has 3 aliphatic heterocycles. The standard InChI is InChI=1S/C19H25F2N3O5S/c1-12(25)22-8-14-9-24(18(26)29-14)13-6-15(20)17(16(21)7-13)23-4-2-19(3-5-23)10-30(27,28)11-19/h6-7,14,27-28H,2-5,8-11H2,1H3,(H,22,25). The summed E-state index contributed by atoms with van der Waals surface area (Å²) in [7, 11) is -2.46. The van der Waals surface area contributed by atoms with Crippen molar-refractivity contribution >= 4 is 34.0 Å². The van der Waals surface area contributed by atoms with Crippen LogP contribution in [0.15, 0.2) is 12.1 Å². The van der Waals surface area contributed by atoms with E-state index in [1.54, 1.807) is 4.90 Å². The summed E-state index contributed by atoms with van der Waals surface area (Å²) in [5.74, 6) is -1.06. The van der Waals surface area contributed by atoms with E-state index in [2.05, 4.69) is 5.32 Å². The molecule has 11 heteroatoms. The van der Waals surface area contributed by atoms with Crippen LogP contribution < -0.4 is 15.1 Å². The number of carbonyl (C=O) groups excluding carboxylic acids is 2. The van der Waals surface area contributed by atoms with Crippen molar-refractivity contribution < 1.29 is 32.2 Å². The van der Waals surface area contributed by atoms with Gasteiger partial charge in [0.2, 0.25) is 5.91 Å². The molecule has 166 valence electrons. The summed E-state index contributed by atoms with van der Waals surface area (Å²) in [5.41, 5.74) is -0.211. The maximum absolute atomic E-state index is 14.8. The lowest BCUT2D eigenvalue weighted by Crippen LogP contribution is -2.52. The Kier molecular flexibility index (Phi) is 5.31. The molecule has 1 atom stereocenters. The first-order valence-corrected chi connectivity index (χ1v) is 11.7. The third kappa shape index (κ3) is 4.06. The molecule has 3 aliphatic rings. The highest BCUT2D eigenvalue weighted by atomic mass is 32.3. The molecular weight excluding hydrogens is 420 g/mol. The molecular formula is C19H25F2N3O5S. The van der Waals surface area contributed by atoms with Gasteiger partial charge in [-0.3, -0.25) is 18.8 Å². The van der Waals surface area contributed by atoms with Gasteiger partial charge >= 0.3 is 6.09 Å². The summed E-state index contributed by atoms with van der Waals surface area (Å²) >= 11 is 0. The molecule has 0 bridgehead atoms. The zero-order valence-corrected chi connectivity index (χ0v) is 17.4. The van der Waals surface area contributed by atoms with Crippen molar-refractivity contribution in [2.24, 2.45) is 5.41 Å². The van der Waals surface area contributed by atoms with Crippen molar-refractivity contribution in [3.05, 3.63) is 23.8 Å². The van der Waals surface area contributed by atoms with Gasteiger partial charge in [-0.15, -0.1) is 0 Å². The van der Waals surface area contributed by atoms with Gasteiger partial charge in [-0.1, -0.05) is 0 Å². The van der Waals surface area contributed by atoms with Gasteiger partial charge in [0.25, 0.3) is 0 Å². The van der Waals surface area contributed by atoms with Gasteiger partial charge in [0, 0.05) is 49.1 Å². The van der Waals surface area contributed by atoms with Crippen molar-refractivity contribution in [1.29, 1.82) is 0 Å². The van der Waals surface area contributed by atoms with Crippen LogP contribution in [0, 0.1) is 17.0 Å². The van der Waals surface area contributed by atoms with Crippen molar-refractivity contribution in [1.82, 2.24) is 5.32 Å². The fourth-order valence-corrected chi connectivity index (χ4v) is 6.99. The molecule has 3 saturated heterocycles. The Morgan fingerprint density at radius 1 is 1.27 bits per heavy atom. The summed E-state index contributed by atoms with van der Waals surface area (Å²) < 4.78 is 54.2. The molecule has 0 aliphatic carbocycles. The van der Waals surface area contributed by atoms with Gasteiger partial charge in [-0.05, 0) is 12.8 Å². The quantitative estimate of drug-likeness (QED) is 0.659. The van der Waals surface area contributed by atoms with Crippen LogP contribution in [-0.2, 0) is 9.53 Å². The number of hydrogen-bond acceptors (Lipinski definition) is 6. The molecule has 1 unspecified atom stereocenters. The van der Waals surface area contributed by atoms with E-state index in [0.717, 1.165) is 17.0 Å². The molecule has 1 aromatic carbocycles. The number of halogens is 2. The molecule has 3 N–H and O–H groups in total. The van der Waals surface area contributed by atoms with Gasteiger partial charge in [0.1, 0.15) is 11.8 Å². The lowest BCUT2D eigenvalue weighted by molar-refractivity contribution is -0.119. The molecule has 3 fully saturated rings. The van der Waals surface area contributed by atoms with Gasteiger partial charge in [0.15, 0.2) is 11.6 Å². The van der Waals surface area contributed by atoms with E-state index >= 15 is 0 Å². The number of carbonyl (C=O) groups is 2.